The standard InChI is InChI=1S/C15H17NO4/c1-3-4-5-6-7-14(17)16-13-9-8-11(20-2)10-12(13)15(18)19/h1,8-10H,4-7H2,2H3,(H,16,17)(H,18,19). The monoisotopic (exact) mass is 275 g/mol. The Morgan fingerprint density at radius 2 is 2.15 bits per heavy atom. The molecule has 0 aliphatic carbocycles. The van der Waals surface area contributed by atoms with Crippen molar-refractivity contribution in [1.29, 1.82) is 0 Å². The van der Waals surface area contributed by atoms with E-state index in [-0.39, 0.29) is 17.2 Å². The fraction of sp³-hybridized carbons (Fsp3) is 0.333. The van der Waals surface area contributed by atoms with E-state index >= 15 is 0 Å². The first-order valence-corrected chi connectivity index (χ1v) is 6.23. The van der Waals surface area contributed by atoms with Crippen LogP contribution in [0.15, 0.2) is 18.2 Å². The summed E-state index contributed by atoms with van der Waals surface area (Å²) in [6, 6.07) is 4.48. The summed E-state index contributed by atoms with van der Waals surface area (Å²) >= 11 is 0. The smallest absolute Gasteiger partial charge is 0.337 e. The van der Waals surface area contributed by atoms with Gasteiger partial charge in [-0.2, -0.15) is 0 Å². The van der Waals surface area contributed by atoms with E-state index in [4.69, 9.17) is 16.3 Å². The average molecular weight is 275 g/mol. The van der Waals surface area contributed by atoms with Crippen LogP contribution in [0, 0.1) is 12.3 Å². The average Bonchev–Trinajstić information content (AvgIpc) is 2.43. The Morgan fingerprint density at radius 1 is 1.40 bits per heavy atom. The Kier molecular flexibility index (Phi) is 6.11. The van der Waals surface area contributed by atoms with Crippen LogP contribution in [0.3, 0.4) is 0 Å². The normalized spacial score (nSPS) is 9.60. The summed E-state index contributed by atoms with van der Waals surface area (Å²) in [7, 11) is 1.45. The molecule has 1 aromatic rings. The van der Waals surface area contributed by atoms with Crippen LogP contribution in [0.1, 0.15) is 36.0 Å². The van der Waals surface area contributed by atoms with E-state index in [1.54, 1.807) is 6.07 Å². The van der Waals surface area contributed by atoms with Crippen molar-refractivity contribution in [3.05, 3.63) is 23.8 Å². The van der Waals surface area contributed by atoms with Crippen LogP contribution < -0.4 is 10.1 Å². The van der Waals surface area contributed by atoms with Crippen LogP contribution in [-0.4, -0.2) is 24.1 Å². The van der Waals surface area contributed by atoms with Crippen molar-refractivity contribution in [2.24, 2.45) is 0 Å². The molecule has 0 saturated heterocycles. The minimum Gasteiger partial charge on any atom is -0.497 e. The molecule has 0 aromatic heterocycles. The molecule has 106 valence electrons. The van der Waals surface area contributed by atoms with Crippen LogP contribution in [-0.2, 0) is 4.79 Å². The number of nitrogens with one attached hydrogen (secondary N) is 1. The highest BCUT2D eigenvalue weighted by atomic mass is 16.5. The molecule has 5 nitrogen and oxygen atoms in total. The number of methoxy groups -OCH3 is 1. The summed E-state index contributed by atoms with van der Waals surface area (Å²) in [5, 5.41) is 11.7. The van der Waals surface area contributed by atoms with E-state index in [1.807, 2.05) is 0 Å². The zero-order valence-electron chi connectivity index (χ0n) is 11.3. The molecular formula is C15H17NO4. The number of carboxylic acid groups (broad SMARTS) is 1. The quantitative estimate of drug-likeness (QED) is 0.592. The number of hydrogen-bond acceptors (Lipinski definition) is 3. The number of amides is 1. The molecule has 0 unspecified atom stereocenters. The van der Waals surface area contributed by atoms with Gasteiger partial charge in [-0.3, -0.25) is 4.79 Å². The maximum atomic E-state index is 11.7. The van der Waals surface area contributed by atoms with Crippen molar-refractivity contribution in [2.75, 3.05) is 12.4 Å². The number of terminal acetylenes is 1. The molecule has 0 radical (unpaired) electrons. The van der Waals surface area contributed by atoms with Gasteiger partial charge in [0.1, 0.15) is 5.75 Å². The number of aromatic carboxylic acids is 1. The molecular weight excluding hydrogens is 258 g/mol. The first-order valence-electron chi connectivity index (χ1n) is 6.23. The van der Waals surface area contributed by atoms with Crippen molar-refractivity contribution in [3.8, 4) is 18.1 Å². The highest BCUT2D eigenvalue weighted by molar-refractivity contribution is 6.00. The second-order valence-corrected chi connectivity index (χ2v) is 4.18. The molecule has 0 aliphatic heterocycles. The summed E-state index contributed by atoms with van der Waals surface area (Å²) in [5.74, 6) is 1.58. The van der Waals surface area contributed by atoms with E-state index in [1.165, 1.54) is 19.2 Å². The van der Waals surface area contributed by atoms with Crippen molar-refractivity contribution < 1.29 is 19.4 Å². The fourth-order valence-electron chi connectivity index (χ4n) is 1.66. The third-order valence-corrected chi connectivity index (χ3v) is 2.71. The van der Waals surface area contributed by atoms with Gasteiger partial charge in [-0.05, 0) is 31.0 Å². The van der Waals surface area contributed by atoms with E-state index in [0.717, 1.165) is 6.42 Å². The molecule has 0 aliphatic rings. The lowest BCUT2D eigenvalue weighted by molar-refractivity contribution is -0.116. The van der Waals surface area contributed by atoms with Gasteiger partial charge in [0.05, 0.1) is 18.4 Å². The highest BCUT2D eigenvalue weighted by Gasteiger charge is 2.13. The zero-order chi connectivity index (χ0) is 15.0. The largest absolute Gasteiger partial charge is 0.497 e. The lowest BCUT2D eigenvalue weighted by atomic mass is 10.1. The summed E-state index contributed by atoms with van der Waals surface area (Å²) in [4.78, 5) is 22.9. The van der Waals surface area contributed by atoms with Gasteiger partial charge in [-0.25, -0.2) is 4.79 Å². The van der Waals surface area contributed by atoms with Gasteiger partial charge in [0.25, 0.3) is 0 Å². The summed E-state index contributed by atoms with van der Waals surface area (Å²) in [5.41, 5.74) is 0.265. The van der Waals surface area contributed by atoms with E-state index in [0.29, 0.717) is 25.0 Å². The van der Waals surface area contributed by atoms with Crippen LogP contribution in [0.25, 0.3) is 0 Å². The van der Waals surface area contributed by atoms with Crippen LogP contribution in [0.2, 0.25) is 0 Å². The predicted octanol–water partition coefficient (Wildman–Crippen LogP) is 2.53. The molecule has 0 bridgehead atoms. The molecule has 1 amide bonds. The minimum absolute atomic E-state index is 0.00123. The number of carboxylic acids is 1. The SMILES string of the molecule is C#CCCCCC(=O)Nc1ccc(OC)cc1C(=O)O. The first-order chi connectivity index (χ1) is 9.58. The van der Waals surface area contributed by atoms with Gasteiger partial charge >= 0.3 is 5.97 Å². The Labute approximate surface area is 117 Å². The number of carbonyl (C=O) groups is 2. The highest BCUT2D eigenvalue weighted by Crippen LogP contribution is 2.22. The molecule has 1 aromatic carbocycles. The van der Waals surface area contributed by atoms with Crippen LogP contribution >= 0.6 is 0 Å². The topological polar surface area (TPSA) is 75.6 Å². The van der Waals surface area contributed by atoms with Gasteiger partial charge in [0.2, 0.25) is 5.91 Å². The number of anilines is 1. The molecule has 20 heavy (non-hydrogen) atoms. The molecule has 2 N–H and O–H groups in total. The van der Waals surface area contributed by atoms with Gasteiger partial charge in [0.15, 0.2) is 0 Å². The third-order valence-electron chi connectivity index (χ3n) is 2.71. The Balaban J connectivity index is 2.69. The van der Waals surface area contributed by atoms with E-state index < -0.39 is 5.97 Å². The maximum absolute atomic E-state index is 11.7. The molecule has 0 saturated carbocycles. The van der Waals surface area contributed by atoms with Gasteiger partial charge < -0.3 is 15.2 Å². The van der Waals surface area contributed by atoms with Crippen molar-refractivity contribution in [2.45, 2.75) is 25.7 Å². The second kappa shape index (κ2) is 7.85. The van der Waals surface area contributed by atoms with Crippen molar-refractivity contribution in [1.82, 2.24) is 0 Å². The molecule has 0 atom stereocenters. The number of hydrogen-bond donors (Lipinski definition) is 2. The zero-order valence-corrected chi connectivity index (χ0v) is 11.3. The third kappa shape index (κ3) is 4.65. The number of rotatable bonds is 7. The minimum atomic E-state index is -1.12. The second-order valence-electron chi connectivity index (χ2n) is 4.18. The molecule has 1 rings (SSSR count). The van der Waals surface area contributed by atoms with Crippen molar-refractivity contribution >= 4 is 17.6 Å². The van der Waals surface area contributed by atoms with Gasteiger partial charge in [0, 0.05) is 12.8 Å². The van der Waals surface area contributed by atoms with Crippen molar-refractivity contribution in [3.63, 3.8) is 0 Å². The lowest BCUT2D eigenvalue weighted by Crippen LogP contribution is -2.14. The lowest BCUT2D eigenvalue weighted by Gasteiger charge is -2.10. The Morgan fingerprint density at radius 3 is 2.75 bits per heavy atom. The molecule has 0 spiro atoms. The number of unbranched alkanes of at least 4 members (excludes halogenated alkanes) is 2. The summed E-state index contributed by atoms with van der Waals surface area (Å²) < 4.78 is 4.96. The molecule has 0 heterocycles. The molecule has 5 heteroatoms. The van der Waals surface area contributed by atoms with Crippen LogP contribution in [0.5, 0.6) is 5.75 Å². The Hall–Kier alpha value is -2.48. The van der Waals surface area contributed by atoms with Gasteiger partial charge in [-0.1, -0.05) is 0 Å². The maximum Gasteiger partial charge on any atom is 0.337 e. The van der Waals surface area contributed by atoms with Crippen LogP contribution in [0.4, 0.5) is 5.69 Å². The first kappa shape index (κ1) is 15.6. The van der Waals surface area contributed by atoms with E-state index in [2.05, 4.69) is 11.2 Å². The summed E-state index contributed by atoms with van der Waals surface area (Å²) in [6.45, 7) is 0. The number of benzene rings is 1. The molecule has 0 fully saturated rings. The number of ether oxygens (including phenoxy) is 1. The number of carbonyl (C=O) groups excluding carboxylic acids is 1. The fourth-order valence-corrected chi connectivity index (χ4v) is 1.66. The Bertz CT molecular complexity index is 531. The van der Waals surface area contributed by atoms with E-state index in [9.17, 15) is 9.59 Å². The summed E-state index contributed by atoms with van der Waals surface area (Å²) in [6.07, 6.45) is 7.52. The predicted molar refractivity (Wildman–Crippen MR) is 75.9 cm³/mol. The van der Waals surface area contributed by atoms with Gasteiger partial charge in [-0.15, -0.1) is 12.3 Å².